The van der Waals surface area contributed by atoms with Crippen LogP contribution in [0.5, 0.6) is 11.5 Å². The largest absolute Gasteiger partial charge is 0.490 e. The average molecular weight is 571 g/mol. The van der Waals surface area contributed by atoms with Crippen molar-refractivity contribution in [2.24, 2.45) is 5.10 Å². The molecular weight excluding hydrogens is 551 g/mol. The molecule has 0 aromatic heterocycles. The molecule has 0 heterocycles. The topological polar surface area (TPSA) is 59.9 Å². The van der Waals surface area contributed by atoms with Gasteiger partial charge in [-0.2, -0.15) is 5.10 Å². The van der Waals surface area contributed by atoms with Crippen LogP contribution in [0.4, 0.5) is 0 Å². The van der Waals surface area contributed by atoms with Crippen LogP contribution < -0.4 is 14.9 Å². The number of hydrogen-bond acceptors (Lipinski definition) is 4. The Balaban J connectivity index is 1.74. The number of carbonyl (C=O) groups excluding carboxylic acids is 1. The number of nitrogens with zero attached hydrogens (tertiary/aromatic N) is 1. The van der Waals surface area contributed by atoms with Gasteiger partial charge in [-0.3, -0.25) is 4.79 Å². The summed E-state index contributed by atoms with van der Waals surface area (Å²) in [6.07, 6.45) is 1.51. The second kappa shape index (κ2) is 11.7. The zero-order valence-electron chi connectivity index (χ0n) is 17.8. The average Bonchev–Trinajstić information content (AvgIpc) is 2.75. The van der Waals surface area contributed by atoms with E-state index in [1.54, 1.807) is 36.4 Å². The zero-order valence-corrected chi connectivity index (χ0v) is 21.6. The van der Waals surface area contributed by atoms with Gasteiger partial charge in [0.1, 0.15) is 6.61 Å². The Morgan fingerprint density at radius 3 is 2.52 bits per heavy atom. The van der Waals surface area contributed by atoms with Crippen molar-refractivity contribution < 1.29 is 14.3 Å². The Kier molecular flexibility index (Phi) is 9.03. The molecule has 0 aliphatic carbocycles. The summed E-state index contributed by atoms with van der Waals surface area (Å²) in [6, 6.07) is 14.1. The summed E-state index contributed by atoms with van der Waals surface area (Å²) < 4.78 is 12.4. The first-order valence-electron chi connectivity index (χ1n) is 9.91. The molecule has 0 spiro atoms. The quantitative estimate of drug-likeness (QED) is 0.226. The predicted octanol–water partition coefficient (Wildman–Crippen LogP) is 7.46. The summed E-state index contributed by atoms with van der Waals surface area (Å²) in [5, 5.41) is 5.35. The van der Waals surface area contributed by atoms with Crippen LogP contribution in [0.1, 0.15) is 34.0 Å². The number of rotatable bonds is 8. The van der Waals surface area contributed by atoms with Gasteiger partial charge in [0.25, 0.3) is 5.91 Å². The summed E-state index contributed by atoms with van der Waals surface area (Å²) >= 11 is 21.7. The van der Waals surface area contributed by atoms with Gasteiger partial charge in [0.2, 0.25) is 0 Å². The Morgan fingerprint density at radius 1 is 1.03 bits per heavy atom. The molecule has 0 bridgehead atoms. The molecule has 172 valence electrons. The second-order valence-electron chi connectivity index (χ2n) is 6.98. The number of benzene rings is 3. The highest BCUT2D eigenvalue weighted by Crippen LogP contribution is 2.37. The molecule has 3 aromatic rings. The van der Waals surface area contributed by atoms with Crippen LogP contribution in [0, 0.1) is 6.92 Å². The van der Waals surface area contributed by atoms with Gasteiger partial charge in [0.05, 0.1) is 37.9 Å². The van der Waals surface area contributed by atoms with Crippen LogP contribution in [0.15, 0.2) is 58.1 Å². The van der Waals surface area contributed by atoms with E-state index >= 15 is 0 Å². The van der Waals surface area contributed by atoms with Crippen molar-refractivity contribution in [3.63, 3.8) is 0 Å². The number of hydrogen-bond donors (Lipinski definition) is 1. The lowest BCUT2D eigenvalue weighted by atomic mass is 10.1. The molecule has 0 aliphatic heterocycles. The van der Waals surface area contributed by atoms with Crippen LogP contribution in [0.3, 0.4) is 0 Å². The highest BCUT2D eigenvalue weighted by atomic mass is 79.9. The van der Waals surface area contributed by atoms with Crippen LogP contribution in [-0.4, -0.2) is 18.7 Å². The minimum absolute atomic E-state index is 0.274. The molecule has 9 heteroatoms. The van der Waals surface area contributed by atoms with Crippen LogP contribution in [0.25, 0.3) is 0 Å². The third kappa shape index (κ3) is 6.87. The molecule has 0 saturated carbocycles. The summed E-state index contributed by atoms with van der Waals surface area (Å²) in [6.45, 7) is 4.50. The van der Waals surface area contributed by atoms with E-state index in [-0.39, 0.29) is 6.61 Å². The lowest BCUT2D eigenvalue weighted by molar-refractivity contribution is 0.0955. The van der Waals surface area contributed by atoms with Crippen LogP contribution >= 0.6 is 50.7 Å². The zero-order chi connectivity index (χ0) is 24.0. The Morgan fingerprint density at radius 2 is 1.82 bits per heavy atom. The van der Waals surface area contributed by atoms with E-state index < -0.39 is 5.91 Å². The molecule has 0 saturated heterocycles. The monoisotopic (exact) mass is 568 g/mol. The first-order valence-corrected chi connectivity index (χ1v) is 11.8. The predicted molar refractivity (Wildman–Crippen MR) is 137 cm³/mol. The summed E-state index contributed by atoms with van der Waals surface area (Å²) in [5.74, 6) is 0.666. The molecule has 3 rings (SSSR count). The minimum atomic E-state index is -0.401. The van der Waals surface area contributed by atoms with E-state index in [0.29, 0.717) is 48.8 Å². The van der Waals surface area contributed by atoms with Crippen molar-refractivity contribution in [2.75, 3.05) is 6.61 Å². The molecule has 1 amide bonds. The van der Waals surface area contributed by atoms with Gasteiger partial charge in [-0.15, -0.1) is 0 Å². The number of nitrogens with one attached hydrogen (secondary N) is 1. The van der Waals surface area contributed by atoms with Crippen molar-refractivity contribution >= 4 is 62.9 Å². The molecule has 1 N–H and O–H groups in total. The number of amides is 1. The number of carbonyl (C=O) groups is 1. The molecular formula is C24H20BrCl3N2O3. The van der Waals surface area contributed by atoms with Gasteiger partial charge in [0.15, 0.2) is 11.5 Å². The van der Waals surface area contributed by atoms with E-state index in [2.05, 4.69) is 26.5 Å². The van der Waals surface area contributed by atoms with Crippen LogP contribution in [0.2, 0.25) is 15.1 Å². The summed E-state index contributed by atoms with van der Waals surface area (Å²) in [4.78, 5) is 12.3. The second-order valence-corrected chi connectivity index (χ2v) is 9.06. The molecule has 0 fully saturated rings. The SMILES string of the molecule is CCOc1cc(/C=N\NC(=O)c2ccc(C)cc2Cl)cc(Br)c1OCc1ccc(Cl)c(Cl)c1. The number of aryl methyl sites for hydroxylation is 1. The fourth-order valence-electron chi connectivity index (χ4n) is 2.88. The van der Waals surface area contributed by atoms with E-state index in [0.717, 1.165) is 11.1 Å². The maximum absolute atomic E-state index is 12.3. The first kappa shape index (κ1) is 25.4. The Hall–Kier alpha value is -2.25. The Labute approximate surface area is 215 Å². The molecule has 3 aromatic carbocycles. The van der Waals surface area contributed by atoms with E-state index in [1.165, 1.54) is 6.21 Å². The smallest absolute Gasteiger partial charge is 0.272 e. The normalized spacial score (nSPS) is 11.0. The van der Waals surface area contributed by atoms with E-state index in [1.807, 2.05) is 26.0 Å². The van der Waals surface area contributed by atoms with Crippen molar-refractivity contribution in [1.29, 1.82) is 0 Å². The maximum Gasteiger partial charge on any atom is 0.272 e. The van der Waals surface area contributed by atoms with Crippen molar-refractivity contribution in [1.82, 2.24) is 5.43 Å². The van der Waals surface area contributed by atoms with Gasteiger partial charge >= 0.3 is 0 Å². The standard InChI is InChI=1S/C24H20BrCl3N2O3/c1-3-32-22-11-16(12-29-30-24(31)17-6-4-14(2)8-20(17)27)9-18(25)23(22)33-13-15-5-7-19(26)21(28)10-15/h4-12H,3,13H2,1-2H3,(H,30,31)/b29-12-. The van der Waals surface area contributed by atoms with E-state index in [9.17, 15) is 4.79 Å². The maximum atomic E-state index is 12.3. The lowest BCUT2D eigenvalue weighted by Crippen LogP contribution is -2.18. The molecule has 0 unspecified atom stereocenters. The first-order chi connectivity index (χ1) is 15.8. The third-order valence-electron chi connectivity index (χ3n) is 4.45. The van der Waals surface area contributed by atoms with Crippen molar-refractivity contribution in [2.45, 2.75) is 20.5 Å². The number of hydrazone groups is 1. The Bertz CT molecular complexity index is 1200. The fourth-order valence-corrected chi connectivity index (χ4v) is 4.10. The van der Waals surface area contributed by atoms with Crippen molar-refractivity contribution in [3.8, 4) is 11.5 Å². The van der Waals surface area contributed by atoms with E-state index in [4.69, 9.17) is 44.3 Å². The highest BCUT2D eigenvalue weighted by molar-refractivity contribution is 9.10. The minimum Gasteiger partial charge on any atom is -0.490 e. The van der Waals surface area contributed by atoms with Crippen LogP contribution in [-0.2, 0) is 6.61 Å². The van der Waals surface area contributed by atoms with Gasteiger partial charge in [-0.25, -0.2) is 5.43 Å². The molecule has 0 aliphatic rings. The summed E-state index contributed by atoms with van der Waals surface area (Å²) in [7, 11) is 0. The lowest BCUT2D eigenvalue weighted by Gasteiger charge is -2.15. The molecule has 0 atom stereocenters. The number of ether oxygens (including phenoxy) is 2. The molecule has 5 nitrogen and oxygen atoms in total. The van der Waals surface area contributed by atoms with Gasteiger partial charge in [0, 0.05) is 0 Å². The summed E-state index contributed by atoms with van der Waals surface area (Å²) in [5.41, 5.74) is 5.36. The third-order valence-corrected chi connectivity index (χ3v) is 6.09. The number of halogens is 4. The van der Waals surface area contributed by atoms with Crippen molar-refractivity contribution in [3.05, 3.63) is 90.3 Å². The molecule has 33 heavy (non-hydrogen) atoms. The van der Waals surface area contributed by atoms with Gasteiger partial charge in [-0.05, 0) is 82.9 Å². The van der Waals surface area contributed by atoms with Gasteiger partial charge < -0.3 is 9.47 Å². The fraction of sp³-hybridized carbons (Fsp3) is 0.167. The highest BCUT2D eigenvalue weighted by Gasteiger charge is 2.13. The molecule has 0 radical (unpaired) electrons. The van der Waals surface area contributed by atoms with Gasteiger partial charge in [-0.1, -0.05) is 46.9 Å².